The minimum atomic E-state index is -0.203. The van der Waals surface area contributed by atoms with Crippen LogP contribution in [0.3, 0.4) is 0 Å². The van der Waals surface area contributed by atoms with Crippen molar-refractivity contribution in [3.05, 3.63) is 32.8 Å². The van der Waals surface area contributed by atoms with Crippen LogP contribution in [0.5, 0.6) is 0 Å². The summed E-state index contributed by atoms with van der Waals surface area (Å²) in [6.45, 7) is 3.47. The highest BCUT2D eigenvalue weighted by Gasteiger charge is 2.26. The van der Waals surface area contributed by atoms with E-state index in [0.29, 0.717) is 15.1 Å². The lowest BCUT2D eigenvalue weighted by atomic mass is 10.0. The van der Waals surface area contributed by atoms with E-state index in [4.69, 9.17) is 34.8 Å². The Hall–Kier alpha value is 0.260. The summed E-state index contributed by atoms with van der Waals surface area (Å²) in [5.74, 6) is 0. The molecule has 1 aromatic rings. The molecule has 2 N–H and O–H groups in total. The predicted molar refractivity (Wildman–Crippen MR) is 83.0 cm³/mol. The number of benzene rings is 1. The average Bonchev–Trinajstić information content (AvgIpc) is 2.40. The molecule has 1 heterocycles. The lowest BCUT2D eigenvalue weighted by molar-refractivity contribution is 0.111. The molecule has 2 rings (SSSR count). The SMILES string of the molecule is Cl.OC[C@@H](c1c(Cl)ccc(Cl)c1Cl)N1CCNCC1. The fraction of sp³-hybridized carbons (Fsp3) is 0.500. The lowest BCUT2D eigenvalue weighted by Crippen LogP contribution is -2.46. The summed E-state index contributed by atoms with van der Waals surface area (Å²) in [6.07, 6.45) is 0. The van der Waals surface area contributed by atoms with E-state index in [1.165, 1.54) is 0 Å². The van der Waals surface area contributed by atoms with Crippen LogP contribution in [0.15, 0.2) is 12.1 Å². The van der Waals surface area contributed by atoms with Crippen molar-refractivity contribution in [1.29, 1.82) is 0 Å². The van der Waals surface area contributed by atoms with E-state index in [9.17, 15) is 5.11 Å². The second kappa shape index (κ2) is 7.89. The molecule has 1 atom stereocenters. The average molecular weight is 346 g/mol. The summed E-state index contributed by atoms with van der Waals surface area (Å²) in [6, 6.07) is 3.18. The van der Waals surface area contributed by atoms with Gasteiger partial charge in [-0.25, -0.2) is 0 Å². The van der Waals surface area contributed by atoms with Gasteiger partial charge in [0.05, 0.1) is 22.7 Å². The molecule has 0 aliphatic carbocycles. The Kier molecular flexibility index (Phi) is 7.19. The van der Waals surface area contributed by atoms with Crippen LogP contribution in [0.1, 0.15) is 11.6 Å². The van der Waals surface area contributed by atoms with E-state index in [2.05, 4.69) is 10.2 Å². The topological polar surface area (TPSA) is 35.5 Å². The Bertz CT molecular complexity index is 424. The molecule has 0 spiro atoms. The van der Waals surface area contributed by atoms with Gasteiger partial charge in [-0.05, 0) is 12.1 Å². The molecule has 0 radical (unpaired) electrons. The van der Waals surface area contributed by atoms with Crippen LogP contribution >= 0.6 is 47.2 Å². The van der Waals surface area contributed by atoms with E-state index in [1.807, 2.05) is 0 Å². The summed E-state index contributed by atoms with van der Waals surface area (Å²) in [5, 5.41) is 14.4. The minimum Gasteiger partial charge on any atom is -0.394 e. The minimum absolute atomic E-state index is 0. The van der Waals surface area contributed by atoms with Crippen LogP contribution in [0, 0.1) is 0 Å². The Morgan fingerprint density at radius 3 is 2.32 bits per heavy atom. The number of aliphatic hydroxyl groups is 1. The maximum Gasteiger partial charge on any atom is 0.0655 e. The van der Waals surface area contributed by atoms with Gasteiger partial charge in [0, 0.05) is 36.8 Å². The van der Waals surface area contributed by atoms with Gasteiger partial charge in [-0.15, -0.1) is 12.4 Å². The van der Waals surface area contributed by atoms with Crippen molar-refractivity contribution in [1.82, 2.24) is 10.2 Å². The van der Waals surface area contributed by atoms with Crippen molar-refractivity contribution in [2.75, 3.05) is 32.8 Å². The lowest BCUT2D eigenvalue weighted by Gasteiger charge is -2.35. The summed E-state index contributed by atoms with van der Waals surface area (Å²) < 4.78 is 0. The van der Waals surface area contributed by atoms with Gasteiger partial charge in [0.25, 0.3) is 0 Å². The normalized spacial score (nSPS) is 17.9. The van der Waals surface area contributed by atoms with Crippen LogP contribution in [-0.2, 0) is 0 Å². The van der Waals surface area contributed by atoms with Gasteiger partial charge in [-0.2, -0.15) is 0 Å². The molecule has 0 amide bonds. The van der Waals surface area contributed by atoms with Crippen LogP contribution in [-0.4, -0.2) is 42.8 Å². The van der Waals surface area contributed by atoms with Crippen molar-refractivity contribution in [2.24, 2.45) is 0 Å². The Balaban J connectivity index is 0.00000180. The molecule has 1 aromatic carbocycles. The summed E-state index contributed by atoms with van der Waals surface area (Å²) >= 11 is 18.4. The van der Waals surface area contributed by atoms with Crippen LogP contribution in [0.2, 0.25) is 15.1 Å². The Morgan fingerprint density at radius 1 is 1.16 bits per heavy atom. The zero-order chi connectivity index (χ0) is 13.1. The highest BCUT2D eigenvalue weighted by atomic mass is 35.5. The molecule has 108 valence electrons. The molecule has 0 unspecified atom stereocenters. The summed E-state index contributed by atoms with van der Waals surface area (Å²) in [4.78, 5) is 2.17. The smallest absolute Gasteiger partial charge is 0.0655 e. The summed E-state index contributed by atoms with van der Waals surface area (Å²) in [7, 11) is 0. The highest BCUT2D eigenvalue weighted by molar-refractivity contribution is 6.44. The van der Waals surface area contributed by atoms with Crippen LogP contribution < -0.4 is 5.32 Å². The quantitative estimate of drug-likeness (QED) is 0.826. The molecule has 1 aliphatic heterocycles. The van der Waals surface area contributed by atoms with Crippen molar-refractivity contribution < 1.29 is 5.11 Å². The predicted octanol–water partition coefficient (Wildman–Crippen LogP) is 3.01. The van der Waals surface area contributed by atoms with Crippen molar-refractivity contribution in [2.45, 2.75) is 6.04 Å². The Morgan fingerprint density at radius 2 is 1.74 bits per heavy atom. The number of hydrogen-bond donors (Lipinski definition) is 2. The van der Waals surface area contributed by atoms with E-state index in [0.717, 1.165) is 31.7 Å². The molecule has 19 heavy (non-hydrogen) atoms. The largest absolute Gasteiger partial charge is 0.394 e. The summed E-state index contributed by atoms with van der Waals surface area (Å²) in [5.41, 5.74) is 0.718. The Labute approximate surface area is 134 Å². The van der Waals surface area contributed by atoms with E-state index in [-0.39, 0.29) is 25.1 Å². The first kappa shape index (κ1) is 17.3. The van der Waals surface area contributed by atoms with Gasteiger partial charge in [-0.1, -0.05) is 34.8 Å². The van der Waals surface area contributed by atoms with Crippen molar-refractivity contribution in [3.8, 4) is 0 Å². The molecule has 1 saturated heterocycles. The molecular weight excluding hydrogens is 330 g/mol. The van der Waals surface area contributed by atoms with E-state index in [1.54, 1.807) is 12.1 Å². The molecule has 1 aliphatic rings. The van der Waals surface area contributed by atoms with Gasteiger partial charge in [-0.3, -0.25) is 4.90 Å². The fourth-order valence-corrected chi connectivity index (χ4v) is 3.02. The maximum atomic E-state index is 9.65. The van der Waals surface area contributed by atoms with E-state index < -0.39 is 0 Å². The second-order valence-electron chi connectivity index (χ2n) is 4.24. The number of nitrogens with one attached hydrogen (secondary N) is 1. The van der Waals surface area contributed by atoms with E-state index >= 15 is 0 Å². The van der Waals surface area contributed by atoms with Gasteiger partial charge in [0.1, 0.15) is 0 Å². The maximum absolute atomic E-state index is 9.65. The number of piperazine rings is 1. The second-order valence-corrected chi connectivity index (χ2v) is 5.43. The molecule has 0 aromatic heterocycles. The molecule has 1 fully saturated rings. The third-order valence-electron chi connectivity index (χ3n) is 3.18. The highest BCUT2D eigenvalue weighted by Crippen LogP contribution is 2.37. The van der Waals surface area contributed by atoms with Crippen molar-refractivity contribution >= 4 is 47.2 Å². The van der Waals surface area contributed by atoms with Gasteiger partial charge in [0.2, 0.25) is 0 Å². The van der Waals surface area contributed by atoms with Gasteiger partial charge >= 0.3 is 0 Å². The number of aliphatic hydroxyl groups excluding tert-OH is 1. The monoisotopic (exact) mass is 344 g/mol. The van der Waals surface area contributed by atoms with Gasteiger partial charge < -0.3 is 10.4 Å². The third kappa shape index (κ3) is 3.88. The third-order valence-corrected chi connectivity index (χ3v) is 4.33. The van der Waals surface area contributed by atoms with Crippen molar-refractivity contribution in [3.63, 3.8) is 0 Å². The number of rotatable bonds is 3. The first-order valence-electron chi connectivity index (χ1n) is 5.84. The fourth-order valence-electron chi connectivity index (χ4n) is 2.23. The molecule has 3 nitrogen and oxygen atoms in total. The molecule has 7 heteroatoms. The number of halogens is 4. The molecule has 0 bridgehead atoms. The first-order valence-corrected chi connectivity index (χ1v) is 6.97. The number of nitrogens with zero attached hydrogens (tertiary/aromatic N) is 1. The standard InChI is InChI=1S/C12H15Cl3N2O.ClH/c13-8-1-2-9(14)12(15)11(8)10(7-18)17-5-3-16-4-6-17;/h1-2,10,16,18H,3-7H2;1H/t10-;/m0./s1. The molecule has 0 saturated carbocycles. The first-order chi connectivity index (χ1) is 8.65. The van der Waals surface area contributed by atoms with Gasteiger partial charge in [0.15, 0.2) is 0 Å². The zero-order valence-electron chi connectivity index (χ0n) is 10.2. The van der Waals surface area contributed by atoms with Crippen LogP contribution in [0.25, 0.3) is 0 Å². The number of hydrogen-bond acceptors (Lipinski definition) is 3. The zero-order valence-corrected chi connectivity index (χ0v) is 13.3. The molecular formula is C12H16Cl4N2O. The van der Waals surface area contributed by atoms with Crippen LogP contribution in [0.4, 0.5) is 0 Å².